The molecule has 1 unspecified atom stereocenters. The van der Waals surface area contributed by atoms with Crippen LogP contribution in [0.1, 0.15) is 19.8 Å². The predicted molar refractivity (Wildman–Crippen MR) is 70.4 cm³/mol. The summed E-state index contributed by atoms with van der Waals surface area (Å²) in [4.78, 5) is 5.24. The van der Waals surface area contributed by atoms with E-state index in [1.54, 1.807) is 7.11 Å². The smallest absolute Gasteiger partial charge is 0.0613 e. The van der Waals surface area contributed by atoms with E-state index in [-0.39, 0.29) is 0 Å². The molecule has 2 rings (SSSR count). The average Bonchev–Trinajstić information content (AvgIpc) is 3.14. The molecule has 1 saturated carbocycles. The van der Waals surface area contributed by atoms with Crippen LogP contribution in [0.3, 0.4) is 0 Å². The lowest BCUT2D eigenvalue weighted by Crippen LogP contribution is -2.49. The summed E-state index contributed by atoms with van der Waals surface area (Å²) in [6.45, 7) is 10.3. The Morgan fingerprint density at radius 3 is 2.53 bits per heavy atom. The summed E-state index contributed by atoms with van der Waals surface area (Å²) in [6.07, 6.45) is 2.88. The normalized spacial score (nSPS) is 25.1. The van der Waals surface area contributed by atoms with E-state index in [0.717, 1.165) is 19.2 Å². The van der Waals surface area contributed by atoms with Crippen LogP contribution in [0, 0.1) is 0 Å². The molecule has 1 atom stereocenters. The highest BCUT2D eigenvalue weighted by molar-refractivity contribution is 4.87. The number of hydrogen-bond donors (Lipinski definition) is 1. The number of rotatable bonds is 7. The van der Waals surface area contributed by atoms with Crippen molar-refractivity contribution in [1.29, 1.82) is 0 Å². The molecule has 100 valence electrons. The fourth-order valence-corrected chi connectivity index (χ4v) is 2.57. The third-order valence-electron chi connectivity index (χ3n) is 3.81. The van der Waals surface area contributed by atoms with Crippen LogP contribution in [0.15, 0.2) is 0 Å². The van der Waals surface area contributed by atoms with Gasteiger partial charge in [0.1, 0.15) is 0 Å². The van der Waals surface area contributed by atoms with Gasteiger partial charge in [-0.25, -0.2) is 0 Å². The van der Waals surface area contributed by atoms with Crippen molar-refractivity contribution in [3.05, 3.63) is 0 Å². The van der Waals surface area contributed by atoms with E-state index in [1.165, 1.54) is 45.6 Å². The first kappa shape index (κ1) is 13.3. The number of ether oxygens (including phenoxy) is 1. The Hall–Kier alpha value is -0.160. The van der Waals surface area contributed by atoms with Crippen molar-refractivity contribution in [2.24, 2.45) is 0 Å². The van der Waals surface area contributed by atoms with Crippen LogP contribution < -0.4 is 5.32 Å². The molecule has 1 N–H and O–H groups in total. The summed E-state index contributed by atoms with van der Waals surface area (Å²) >= 11 is 0. The SMILES string of the molecule is COCC(C)NCCN1CCN(C2CC2)CC1. The second-order valence-corrected chi connectivity index (χ2v) is 5.42. The molecule has 0 bridgehead atoms. The second-order valence-electron chi connectivity index (χ2n) is 5.42. The van der Waals surface area contributed by atoms with Gasteiger partial charge in [-0.1, -0.05) is 0 Å². The largest absolute Gasteiger partial charge is 0.383 e. The van der Waals surface area contributed by atoms with Crippen molar-refractivity contribution in [1.82, 2.24) is 15.1 Å². The van der Waals surface area contributed by atoms with E-state index in [1.807, 2.05) is 0 Å². The fourth-order valence-electron chi connectivity index (χ4n) is 2.57. The molecule has 2 aliphatic rings. The zero-order chi connectivity index (χ0) is 12.1. The molecule has 0 aromatic heterocycles. The Morgan fingerprint density at radius 1 is 1.24 bits per heavy atom. The summed E-state index contributed by atoms with van der Waals surface area (Å²) in [5, 5.41) is 3.50. The standard InChI is InChI=1S/C13H27N3O/c1-12(11-17-2)14-5-6-15-7-9-16(10-8-15)13-3-4-13/h12-14H,3-11H2,1-2H3. The van der Waals surface area contributed by atoms with Crippen LogP contribution in [0.5, 0.6) is 0 Å². The van der Waals surface area contributed by atoms with Gasteiger partial charge in [-0.15, -0.1) is 0 Å². The zero-order valence-corrected chi connectivity index (χ0v) is 11.3. The van der Waals surface area contributed by atoms with Gasteiger partial charge in [0.15, 0.2) is 0 Å². The molecule has 17 heavy (non-hydrogen) atoms. The van der Waals surface area contributed by atoms with Gasteiger partial charge in [-0.2, -0.15) is 0 Å². The zero-order valence-electron chi connectivity index (χ0n) is 11.3. The first-order chi connectivity index (χ1) is 8.29. The molecule has 4 nitrogen and oxygen atoms in total. The van der Waals surface area contributed by atoms with Gasteiger partial charge < -0.3 is 10.1 Å². The van der Waals surface area contributed by atoms with Gasteiger partial charge in [0.05, 0.1) is 6.61 Å². The van der Waals surface area contributed by atoms with Crippen LogP contribution in [0.4, 0.5) is 0 Å². The van der Waals surface area contributed by atoms with E-state index in [0.29, 0.717) is 6.04 Å². The van der Waals surface area contributed by atoms with Crippen LogP contribution in [0.25, 0.3) is 0 Å². The molecule has 4 heteroatoms. The van der Waals surface area contributed by atoms with E-state index in [2.05, 4.69) is 22.0 Å². The highest BCUT2D eigenvalue weighted by Crippen LogP contribution is 2.27. The Labute approximate surface area is 105 Å². The summed E-state index contributed by atoms with van der Waals surface area (Å²) in [5.41, 5.74) is 0. The Kier molecular flexibility index (Phi) is 5.22. The lowest BCUT2D eigenvalue weighted by atomic mass is 10.3. The Bertz CT molecular complexity index is 213. The van der Waals surface area contributed by atoms with Gasteiger partial charge >= 0.3 is 0 Å². The first-order valence-electron chi connectivity index (χ1n) is 6.98. The predicted octanol–water partition coefficient (Wildman–Crippen LogP) is 0.391. The van der Waals surface area contributed by atoms with Crippen molar-refractivity contribution >= 4 is 0 Å². The number of piperazine rings is 1. The lowest BCUT2D eigenvalue weighted by molar-refractivity contribution is 0.123. The highest BCUT2D eigenvalue weighted by atomic mass is 16.5. The molecule has 1 aliphatic heterocycles. The van der Waals surface area contributed by atoms with Crippen molar-refractivity contribution in [2.45, 2.75) is 31.8 Å². The summed E-state index contributed by atoms with van der Waals surface area (Å²) in [5.74, 6) is 0. The fraction of sp³-hybridized carbons (Fsp3) is 1.00. The summed E-state index contributed by atoms with van der Waals surface area (Å²) in [6, 6.07) is 1.41. The van der Waals surface area contributed by atoms with E-state index < -0.39 is 0 Å². The Morgan fingerprint density at radius 2 is 1.94 bits per heavy atom. The third kappa shape index (κ3) is 4.54. The van der Waals surface area contributed by atoms with Crippen LogP contribution in [-0.4, -0.2) is 74.9 Å². The van der Waals surface area contributed by atoms with E-state index in [9.17, 15) is 0 Å². The van der Waals surface area contributed by atoms with E-state index in [4.69, 9.17) is 4.74 Å². The minimum absolute atomic E-state index is 0.466. The maximum Gasteiger partial charge on any atom is 0.0613 e. The maximum atomic E-state index is 5.11. The molecular weight excluding hydrogens is 214 g/mol. The minimum Gasteiger partial charge on any atom is -0.383 e. The first-order valence-corrected chi connectivity index (χ1v) is 6.98. The average molecular weight is 241 g/mol. The van der Waals surface area contributed by atoms with Crippen molar-refractivity contribution in [2.75, 3.05) is 53.0 Å². The summed E-state index contributed by atoms with van der Waals surface area (Å²) < 4.78 is 5.11. The molecule has 0 aromatic rings. The topological polar surface area (TPSA) is 27.7 Å². The molecule has 0 aromatic carbocycles. The molecule has 0 radical (unpaired) electrons. The molecule has 1 aliphatic carbocycles. The van der Waals surface area contributed by atoms with Crippen LogP contribution >= 0.6 is 0 Å². The molecule has 1 saturated heterocycles. The minimum atomic E-state index is 0.466. The Balaban J connectivity index is 1.52. The molecule has 0 spiro atoms. The van der Waals surface area contributed by atoms with Gasteiger partial charge in [0.2, 0.25) is 0 Å². The van der Waals surface area contributed by atoms with E-state index >= 15 is 0 Å². The second kappa shape index (κ2) is 6.69. The van der Waals surface area contributed by atoms with Gasteiger partial charge in [0.25, 0.3) is 0 Å². The van der Waals surface area contributed by atoms with Gasteiger partial charge in [0, 0.05) is 58.5 Å². The molecule has 2 fully saturated rings. The molecule has 1 heterocycles. The van der Waals surface area contributed by atoms with Crippen molar-refractivity contribution in [3.63, 3.8) is 0 Å². The quantitative estimate of drug-likeness (QED) is 0.698. The summed E-state index contributed by atoms with van der Waals surface area (Å²) in [7, 11) is 1.76. The highest BCUT2D eigenvalue weighted by Gasteiger charge is 2.30. The monoisotopic (exact) mass is 241 g/mol. The van der Waals surface area contributed by atoms with Crippen molar-refractivity contribution < 1.29 is 4.74 Å². The number of methoxy groups -OCH3 is 1. The van der Waals surface area contributed by atoms with Gasteiger partial charge in [-0.3, -0.25) is 9.80 Å². The molecular formula is C13H27N3O. The van der Waals surface area contributed by atoms with Crippen molar-refractivity contribution in [3.8, 4) is 0 Å². The van der Waals surface area contributed by atoms with Gasteiger partial charge in [-0.05, 0) is 19.8 Å². The molecule has 0 amide bonds. The number of nitrogens with zero attached hydrogens (tertiary/aromatic N) is 2. The lowest BCUT2D eigenvalue weighted by Gasteiger charge is -2.35. The number of nitrogens with one attached hydrogen (secondary N) is 1. The van der Waals surface area contributed by atoms with Crippen LogP contribution in [0.2, 0.25) is 0 Å². The maximum absolute atomic E-state index is 5.11. The van der Waals surface area contributed by atoms with Crippen LogP contribution in [-0.2, 0) is 4.74 Å². The third-order valence-corrected chi connectivity index (χ3v) is 3.81. The number of hydrogen-bond acceptors (Lipinski definition) is 4.